The zero-order valence-electron chi connectivity index (χ0n) is 12.4. The van der Waals surface area contributed by atoms with Gasteiger partial charge in [-0.3, -0.25) is 10.1 Å². The fourth-order valence-electron chi connectivity index (χ4n) is 1.86. The fraction of sp³-hybridized carbons (Fsp3) is 0.188. The molecule has 0 fully saturated rings. The summed E-state index contributed by atoms with van der Waals surface area (Å²) >= 11 is 0. The molecule has 23 heavy (non-hydrogen) atoms. The van der Waals surface area contributed by atoms with Crippen LogP contribution in [0, 0.1) is 10.1 Å². The highest BCUT2D eigenvalue weighted by atomic mass is 16.6. The largest absolute Gasteiger partial charge is 0.496 e. The topological polar surface area (TPSA) is 87.9 Å². The Hall–Kier alpha value is -3.09. The Morgan fingerprint density at radius 1 is 1.13 bits per heavy atom. The van der Waals surface area contributed by atoms with Gasteiger partial charge in [0.05, 0.1) is 12.0 Å². The highest BCUT2D eigenvalue weighted by Crippen LogP contribution is 2.24. The molecule has 0 atom stereocenters. The van der Waals surface area contributed by atoms with Crippen molar-refractivity contribution in [3.63, 3.8) is 0 Å². The lowest BCUT2D eigenvalue weighted by atomic mass is 10.2. The second-order valence-electron chi connectivity index (χ2n) is 4.44. The third kappa shape index (κ3) is 4.44. The predicted octanol–water partition coefficient (Wildman–Crippen LogP) is 2.84. The van der Waals surface area contributed by atoms with Crippen molar-refractivity contribution < 1.29 is 23.9 Å². The molecule has 2 aromatic carbocycles. The van der Waals surface area contributed by atoms with Crippen LogP contribution in [0.4, 0.5) is 5.69 Å². The molecule has 0 aliphatic carbocycles. The first kappa shape index (κ1) is 16.3. The van der Waals surface area contributed by atoms with E-state index in [4.69, 9.17) is 14.2 Å². The molecule has 0 bridgehead atoms. The number of nitro groups is 1. The van der Waals surface area contributed by atoms with Crippen molar-refractivity contribution in [3.05, 3.63) is 64.2 Å². The van der Waals surface area contributed by atoms with E-state index in [9.17, 15) is 14.9 Å². The van der Waals surface area contributed by atoms with Gasteiger partial charge < -0.3 is 14.2 Å². The number of esters is 1. The molecule has 0 heterocycles. The number of hydrogen-bond acceptors (Lipinski definition) is 6. The number of non-ortho nitro benzene ring substituents is 1. The summed E-state index contributed by atoms with van der Waals surface area (Å²) in [6.07, 6.45) is 0. The van der Waals surface area contributed by atoms with E-state index in [0.29, 0.717) is 5.75 Å². The minimum absolute atomic E-state index is 0.00131. The molecular formula is C16H15NO6. The number of benzene rings is 2. The Kier molecular flexibility index (Phi) is 5.51. The molecule has 7 heteroatoms. The molecule has 0 N–H and O–H groups in total. The van der Waals surface area contributed by atoms with Crippen LogP contribution in [0.3, 0.4) is 0 Å². The summed E-state index contributed by atoms with van der Waals surface area (Å²) in [6, 6.07) is 12.8. The number of carbonyl (C=O) groups excluding carboxylic acids is 1. The van der Waals surface area contributed by atoms with Gasteiger partial charge in [0, 0.05) is 12.1 Å². The fourth-order valence-corrected chi connectivity index (χ4v) is 1.86. The van der Waals surface area contributed by atoms with Crippen LogP contribution in [-0.2, 0) is 4.74 Å². The van der Waals surface area contributed by atoms with Crippen molar-refractivity contribution >= 4 is 11.7 Å². The quantitative estimate of drug-likeness (QED) is 0.338. The van der Waals surface area contributed by atoms with Crippen LogP contribution in [-0.4, -0.2) is 31.2 Å². The molecular weight excluding hydrogens is 302 g/mol. The van der Waals surface area contributed by atoms with Crippen LogP contribution in [0.2, 0.25) is 0 Å². The maximum Gasteiger partial charge on any atom is 0.342 e. The Balaban J connectivity index is 1.94. The molecule has 0 saturated heterocycles. The summed E-state index contributed by atoms with van der Waals surface area (Å²) in [6.45, 7) is 0.187. The summed E-state index contributed by atoms with van der Waals surface area (Å²) in [5, 5.41) is 10.8. The van der Waals surface area contributed by atoms with E-state index in [1.165, 1.54) is 19.2 Å². The van der Waals surface area contributed by atoms with Gasteiger partial charge in [-0.25, -0.2) is 4.79 Å². The first-order chi connectivity index (χ1) is 11.1. The van der Waals surface area contributed by atoms with Gasteiger partial charge in [0.15, 0.2) is 0 Å². The van der Waals surface area contributed by atoms with E-state index in [0.717, 1.165) is 6.07 Å². The van der Waals surface area contributed by atoms with Crippen LogP contribution in [0.5, 0.6) is 11.5 Å². The Bertz CT molecular complexity index is 686. The van der Waals surface area contributed by atoms with Crippen molar-refractivity contribution in [2.75, 3.05) is 20.3 Å². The number of nitrogens with zero attached hydrogens (tertiary/aromatic N) is 1. The van der Waals surface area contributed by atoms with Gasteiger partial charge >= 0.3 is 5.97 Å². The maximum absolute atomic E-state index is 12.0. The van der Waals surface area contributed by atoms with Crippen molar-refractivity contribution in [2.24, 2.45) is 0 Å². The number of carbonyl (C=O) groups is 1. The summed E-state index contributed by atoms with van der Waals surface area (Å²) in [7, 11) is 1.37. The highest BCUT2D eigenvalue weighted by Gasteiger charge is 2.18. The number of rotatable bonds is 7. The van der Waals surface area contributed by atoms with E-state index in [1.807, 2.05) is 18.2 Å². The van der Waals surface area contributed by atoms with E-state index < -0.39 is 10.9 Å². The molecule has 0 amide bonds. The standard InChI is InChI=1S/C16H15NO6/c1-21-15-8-7-12(17(19)20)11-14(15)16(18)23-10-9-22-13-5-3-2-4-6-13/h2-8,11H,9-10H2,1H3. The third-order valence-corrected chi connectivity index (χ3v) is 2.94. The Morgan fingerprint density at radius 2 is 1.87 bits per heavy atom. The molecule has 7 nitrogen and oxygen atoms in total. The normalized spacial score (nSPS) is 9.96. The van der Waals surface area contributed by atoms with Gasteiger partial charge in [-0.05, 0) is 18.2 Å². The summed E-state index contributed by atoms with van der Waals surface area (Å²) < 4.78 is 15.5. The van der Waals surface area contributed by atoms with Crippen LogP contribution >= 0.6 is 0 Å². The van der Waals surface area contributed by atoms with Gasteiger partial charge in [0.2, 0.25) is 0 Å². The number of nitro benzene ring substituents is 1. The van der Waals surface area contributed by atoms with E-state index in [-0.39, 0.29) is 30.2 Å². The van der Waals surface area contributed by atoms with Crippen molar-refractivity contribution in [3.8, 4) is 11.5 Å². The van der Waals surface area contributed by atoms with E-state index in [2.05, 4.69) is 0 Å². The van der Waals surface area contributed by atoms with Gasteiger partial charge in [-0.2, -0.15) is 0 Å². The van der Waals surface area contributed by atoms with E-state index >= 15 is 0 Å². The van der Waals surface area contributed by atoms with Gasteiger partial charge in [0.1, 0.15) is 30.3 Å². The number of para-hydroxylation sites is 1. The molecule has 0 aromatic heterocycles. The van der Waals surface area contributed by atoms with Crippen molar-refractivity contribution in [2.45, 2.75) is 0 Å². The van der Waals surface area contributed by atoms with Gasteiger partial charge in [-0.1, -0.05) is 18.2 Å². The minimum atomic E-state index is -0.706. The monoisotopic (exact) mass is 317 g/mol. The van der Waals surface area contributed by atoms with Crippen LogP contribution in [0.1, 0.15) is 10.4 Å². The number of hydrogen-bond donors (Lipinski definition) is 0. The zero-order valence-corrected chi connectivity index (χ0v) is 12.4. The molecule has 2 aromatic rings. The second kappa shape index (κ2) is 7.79. The SMILES string of the molecule is COc1ccc([N+](=O)[O-])cc1C(=O)OCCOc1ccccc1. The first-order valence-corrected chi connectivity index (χ1v) is 6.79. The average molecular weight is 317 g/mol. The maximum atomic E-state index is 12.0. The summed E-state index contributed by atoms with van der Waals surface area (Å²) in [5.41, 5.74) is -0.209. The highest BCUT2D eigenvalue weighted by molar-refractivity contribution is 5.93. The molecule has 0 unspecified atom stereocenters. The molecule has 2 rings (SSSR count). The summed E-state index contributed by atoms with van der Waals surface area (Å²) in [5.74, 6) is 0.170. The van der Waals surface area contributed by atoms with E-state index in [1.54, 1.807) is 12.1 Å². The van der Waals surface area contributed by atoms with Crippen LogP contribution in [0.25, 0.3) is 0 Å². The van der Waals surface area contributed by atoms with Crippen LogP contribution < -0.4 is 9.47 Å². The van der Waals surface area contributed by atoms with Crippen molar-refractivity contribution in [1.82, 2.24) is 0 Å². The molecule has 0 spiro atoms. The lowest BCUT2D eigenvalue weighted by Crippen LogP contribution is -2.13. The number of ether oxygens (including phenoxy) is 3. The van der Waals surface area contributed by atoms with Crippen LogP contribution in [0.15, 0.2) is 48.5 Å². The number of methoxy groups -OCH3 is 1. The summed E-state index contributed by atoms with van der Waals surface area (Å²) in [4.78, 5) is 22.2. The lowest BCUT2D eigenvalue weighted by Gasteiger charge is -2.09. The predicted molar refractivity (Wildman–Crippen MR) is 81.9 cm³/mol. The Labute approximate surface area is 132 Å². The Morgan fingerprint density at radius 3 is 2.52 bits per heavy atom. The smallest absolute Gasteiger partial charge is 0.342 e. The molecule has 0 radical (unpaired) electrons. The van der Waals surface area contributed by atoms with Crippen molar-refractivity contribution in [1.29, 1.82) is 0 Å². The lowest BCUT2D eigenvalue weighted by molar-refractivity contribution is -0.384. The first-order valence-electron chi connectivity index (χ1n) is 6.79. The molecule has 0 aliphatic heterocycles. The third-order valence-electron chi connectivity index (χ3n) is 2.94. The molecule has 0 aliphatic rings. The second-order valence-corrected chi connectivity index (χ2v) is 4.44. The minimum Gasteiger partial charge on any atom is -0.496 e. The zero-order chi connectivity index (χ0) is 16.7. The average Bonchev–Trinajstić information content (AvgIpc) is 2.58. The molecule has 0 saturated carbocycles. The van der Waals surface area contributed by atoms with Gasteiger partial charge in [0.25, 0.3) is 5.69 Å². The molecule has 120 valence electrons. The van der Waals surface area contributed by atoms with Gasteiger partial charge in [-0.15, -0.1) is 0 Å².